The van der Waals surface area contributed by atoms with Gasteiger partial charge in [-0.25, -0.2) is 0 Å². The molecule has 1 aromatic rings. The lowest BCUT2D eigenvalue weighted by atomic mass is 10.1. The molecule has 90 valence electrons. The Hall–Kier alpha value is -1.84. The van der Waals surface area contributed by atoms with Crippen molar-refractivity contribution in [2.24, 2.45) is 0 Å². The molecule has 4 nitrogen and oxygen atoms in total. The maximum atomic E-state index is 12.0. The first-order valence-electron chi connectivity index (χ1n) is 5.69. The highest BCUT2D eigenvalue weighted by molar-refractivity contribution is 6.03. The lowest BCUT2D eigenvalue weighted by molar-refractivity contribution is -0.118. The number of hydrogen-bond acceptors (Lipinski definition) is 3. The van der Waals surface area contributed by atoms with Crippen molar-refractivity contribution in [1.82, 2.24) is 0 Å². The van der Waals surface area contributed by atoms with Gasteiger partial charge in [0.25, 0.3) is 0 Å². The summed E-state index contributed by atoms with van der Waals surface area (Å²) in [4.78, 5) is 26.6. The van der Waals surface area contributed by atoms with E-state index < -0.39 is 0 Å². The van der Waals surface area contributed by atoms with E-state index >= 15 is 0 Å². The van der Waals surface area contributed by atoms with E-state index in [1.165, 1.54) is 0 Å². The number of Topliss-reactive ketones (excluding diaryl/α,β-unsaturated/α-hetero) is 1. The third kappa shape index (κ3) is 2.30. The van der Waals surface area contributed by atoms with Crippen LogP contribution in [0.1, 0.15) is 13.3 Å². The number of benzene rings is 1. The predicted molar refractivity (Wildman–Crippen MR) is 67.4 cm³/mol. The molecule has 0 saturated carbocycles. The van der Waals surface area contributed by atoms with E-state index in [-0.39, 0.29) is 11.7 Å². The van der Waals surface area contributed by atoms with Crippen LogP contribution in [0.4, 0.5) is 11.4 Å². The van der Waals surface area contributed by atoms with Crippen molar-refractivity contribution >= 4 is 23.1 Å². The molecule has 0 N–H and O–H groups in total. The van der Waals surface area contributed by atoms with Crippen molar-refractivity contribution in [3.63, 3.8) is 0 Å². The van der Waals surface area contributed by atoms with Gasteiger partial charge in [0, 0.05) is 20.0 Å². The molecule has 1 aromatic carbocycles. The molecule has 17 heavy (non-hydrogen) atoms. The van der Waals surface area contributed by atoms with Crippen LogP contribution in [-0.2, 0) is 9.59 Å². The van der Waals surface area contributed by atoms with Crippen molar-refractivity contribution < 1.29 is 9.59 Å². The Morgan fingerprint density at radius 1 is 1.29 bits per heavy atom. The summed E-state index contributed by atoms with van der Waals surface area (Å²) in [7, 11) is 1.90. The van der Waals surface area contributed by atoms with Crippen LogP contribution in [0.2, 0.25) is 0 Å². The standard InChI is InChI=1S/C13H16N2O2/c1-10(16)7-8-15-12-6-4-3-5-11(12)14(2)9-13(15)17/h3-6H,7-9H2,1-2H3. The third-order valence-electron chi connectivity index (χ3n) is 2.94. The van der Waals surface area contributed by atoms with E-state index in [0.717, 1.165) is 11.4 Å². The van der Waals surface area contributed by atoms with E-state index in [0.29, 0.717) is 19.5 Å². The second kappa shape index (κ2) is 4.57. The minimum atomic E-state index is 0.0486. The van der Waals surface area contributed by atoms with Crippen molar-refractivity contribution in [2.45, 2.75) is 13.3 Å². The normalized spacial score (nSPS) is 14.8. The Labute approximate surface area is 101 Å². The van der Waals surface area contributed by atoms with Gasteiger partial charge in [-0.1, -0.05) is 12.1 Å². The van der Waals surface area contributed by atoms with Crippen molar-refractivity contribution in [2.75, 3.05) is 29.9 Å². The number of carbonyl (C=O) groups is 2. The molecule has 0 aromatic heterocycles. The van der Waals surface area contributed by atoms with E-state index in [1.54, 1.807) is 11.8 Å². The van der Waals surface area contributed by atoms with Crippen LogP contribution in [-0.4, -0.2) is 31.8 Å². The monoisotopic (exact) mass is 232 g/mol. The molecule has 0 fully saturated rings. The molecule has 0 unspecified atom stereocenters. The van der Waals surface area contributed by atoms with Crippen LogP contribution in [0.5, 0.6) is 0 Å². The van der Waals surface area contributed by atoms with Crippen LogP contribution < -0.4 is 9.80 Å². The molecule has 4 heteroatoms. The summed E-state index contributed by atoms with van der Waals surface area (Å²) in [6.07, 6.45) is 0.407. The number of rotatable bonds is 3. The molecule has 0 spiro atoms. The average Bonchev–Trinajstić information content (AvgIpc) is 2.28. The minimum absolute atomic E-state index is 0.0486. The first-order chi connectivity index (χ1) is 8.09. The van der Waals surface area contributed by atoms with Crippen LogP contribution in [0.3, 0.4) is 0 Å². The number of carbonyl (C=O) groups excluding carboxylic acids is 2. The Bertz CT molecular complexity index is 456. The van der Waals surface area contributed by atoms with E-state index in [1.807, 2.05) is 36.2 Å². The fraction of sp³-hybridized carbons (Fsp3) is 0.385. The van der Waals surface area contributed by atoms with Gasteiger partial charge in [-0.2, -0.15) is 0 Å². The van der Waals surface area contributed by atoms with Crippen molar-refractivity contribution in [3.05, 3.63) is 24.3 Å². The van der Waals surface area contributed by atoms with Crippen LogP contribution >= 0.6 is 0 Å². The molecule has 0 saturated heterocycles. The third-order valence-corrected chi connectivity index (χ3v) is 2.94. The number of fused-ring (bicyclic) bond motifs is 1. The second-order valence-electron chi connectivity index (χ2n) is 4.34. The fourth-order valence-electron chi connectivity index (χ4n) is 2.04. The number of likely N-dealkylation sites (N-methyl/N-ethyl adjacent to an activating group) is 1. The van der Waals surface area contributed by atoms with Crippen molar-refractivity contribution in [3.8, 4) is 0 Å². The predicted octanol–water partition coefficient (Wildman–Crippen LogP) is 1.45. The van der Waals surface area contributed by atoms with Crippen LogP contribution in [0.25, 0.3) is 0 Å². The number of para-hydroxylation sites is 2. The average molecular weight is 232 g/mol. The first-order valence-corrected chi connectivity index (χ1v) is 5.69. The zero-order chi connectivity index (χ0) is 12.4. The van der Waals surface area contributed by atoms with Gasteiger partial charge in [-0.3, -0.25) is 9.59 Å². The Kier molecular flexibility index (Phi) is 3.13. The molecule has 1 aliphatic heterocycles. The number of hydrogen-bond donors (Lipinski definition) is 0. The number of nitrogens with zero attached hydrogens (tertiary/aromatic N) is 2. The maximum absolute atomic E-state index is 12.0. The molecule has 0 bridgehead atoms. The highest BCUT2D eigenvalue weighted by Gasteiger charge is 2.26. The Balaban J connectivity index is 2.29. The molecule has 0 aliphatic carbocycles. The summed E-state index contributed by atoms with van der Waals surface area (Å²) in [6, 6.07) is 7.77. The second-order valence-corrected chi connectivity index (χ2v) is 4.34. The maximum Gasteiger partial charge on any atom is 0.246 e. The van der Waals surface area contributed by atoms with Gasteiger partial charge < -0.3 is 9.80 Å². The highest BCUT2D eigenvalue weighted by atomic mass is 16.2. The summed E-state index contributed by atoms with van der Waals surface area (Å²) >= 11 is 0. The van der Waals surface area contributed by atoms with E-state index in [2.05, 4.69) is 0 Å². The zero-order valence-electron chi connectivity index (χ0n) is 10.1. The number of ketones is 1. The summed E-state index contributed by atoms with van der Waals surface area (Å²) in [5.41, 5.74) is 1.93. The van der Waals surface area contributed by atoms with E-state index in [4.69, 9.17) is 0 Å². The molecule has 0 atom stereocenters. The highest BCUT2D eigenvalue weighted by Crippen LogP contribution is 2.32. The molecule has 2 rings (SSSR count). The fourth-order valence-corrected chi connectivity index (χ4v) is 2.04. The Morgan fingerprint density at radius 3 is 2.59 bits per heavy atom. The van der Waals surface area contributed by atoms with Gasteiger partial charge in [0.15, 0.2) is 0 Å². The van der Waals surface area contributed by atoms with Gasteiger partial charge >= 0.3 is 0 Å². The smallest absolute Gasteiger partial charge is 0.246 e. The molecular formula is C13H16N2O2. The van der Waals surface area contributed by atoms with Crippen LogP contribution in [0, 0.1) is 0 Å². The molecule has 1 heterocycles. The van der Waals surface area contributed by atoms with E-state index in [9.17, 15) is 9.59 Å². The largest absolute Gasteiger partial charge is 0.364 e. The van der Waals surface area contributed by atoms with Gasteiger partial charge in [0.1, 0.15) is 5.78 Å². The summed E-state index contributed by atoms with van der Waals surface area (Å²) in [5, 5.41) is 0. The van der Waals surface area contributed by atoms with Gasteiger partial charge in [-0.05, 0) is 19.1 Å². The molecular weight excluding hydrogens is 216 g/mol. The van der Waals surface area contributed by atoms with Gasteiger partial charge in [-0.15, -0.1) is 0 Å². The molecule has 0 radical (unpaired) electrons. The minimum Gasteiger partial charge on any atom is -0.364 e. The zero-order valence-corrected chi connectivity index (χ0v) is 10.1. The lowest BCUT2D eigenvalue weighted by Crippen LogP contribution is -2.45. The first kappa shape index (κ1) is 11.6. The molecule has 1 amide bonds. The number of amides is 1. The van der Waals surface area contributed by atoms with Crippen molar-refractivity contribution in [1.29, 1.82) is 0 Å². The lowest BCUT2D eigenvalue weighted by Gasteiger charge is -2.35. The Morgan fingerprint density at radius 2 is 1.94 bits per heavy atom. The number of anilines is 2. The summed E-state index contributed by atoms with van der Waals surface area (Å²) in [5.74, 6) is 0.154. The van der Waals surface area contributed by atoms with Crippen LogP contribution in [0.15, 0.2) is 24.3 Å². The quantitative estimate of drug-likeness (QED) is 0.792. The SMILES string of the molecule is CC(=O)CCN1C(=O)CN(C)c2ccccc21. The molecule has 1 aliphatic rings. The summed E-state index contributed by atoms with van der Waals surface area (Å²) < 4.78 is 0. The van der Waals surface area contributed by atoms with Gasteiger partial charge in [0.2, 0.25) is 5.91 Å². The topological polar surface area (TPSA) is 40.6 Å². The summed E-state index contributed by atoms with van der Waals surface area (Å²) in [6.45, 7) is 2.39. The van der Waals surface area contributed by atoms with Gasteiger partial charge in [0.05, 0.1) is 17.9 Å².